The summed E-state index contributed by atoms with van der Waals surface area (Å²) in [5, 5.41) is 4.16. The number of nitrogens with zero attached hydrogens (tertiary/aromatic N) is 4. The lowest BCUT2D eigenvalue weighted by molar-refractivity contribution is 0.386. The molecule has 3 rings (SSSR count). The average Bonchev–Trinajstić information content (AvgIpc) is 2.72. The van der Waals surface area contributed by atoms with Gasteiger partial charge in [0.05, 0.1) is 6.20 Å². The summed E-state index contributed by atoms with van der Waals surface area (Å²) in [4.78, 5) is 6.96. The summed E-state index contributed by atoms with van der Waals surface area (Å²) in [7, 11) is 0. The zero-order valence-corrected chi connectivity index (χ0v) is 9.79. The van der Waals surface area contributed by atoms with E-state index in [1.54, 1.807) is 10.7 Å². The maximum Gasteiger partial charge on any atom is 0.157 e. The van der Waals surface area contributed by atoms with Crippen LogP contribution in [0, 0.1) is 0 Å². The molecule has 0 spiro atoms. The van der Waals surface area contributed by atoms with Crippen LogP contribution < -0.4 is 10.6 Å². The summed E-state index contributed by atoms with van der Waals surface area (Å²) >= 11 is 0. The second-order valence-electron chi connectivity index (χ2n) is 4.49. The standard InChI is InChI=1S/C12H17N5/c13-6-9-16(10-2-1-3-10)11-5-8-17-12(15-11)4-7-14-17/h4-5,7-8,10H,1-3,6,9,13H2. The van der Waals surface area contributed by atoms with Gasteiger partial charge in [0.15, 0.2) is 5.65 Å². The first kappa shape index (κ1) is 10.5. The van der Waals surface area contributed by atoms with Gasteiger partial charge in [0.25, 0.3) is 0 Å². The van der Waals surface area contributed by atoms with Crippen LogP contribution >= 0.6 is 0 Å². The molecule has 1 aliphatic carbocycles. The minimum atomic E-state index is 0.622. The van der Waals surface area contributed by atoms with Gasteiger partial charge in [-0.05, 0) is 25.3 Å². The van der Waals surface area contributed by atoms with Gasteiger partial charge in [-0.25, -0.2) is 9.50 Å². The third-order valence-electron chi connectivity index (χ3n) is 3.42. The Morgan fingerprint density at radius 2 is 2.29 bits per heavy atom. The van der Waals surface area contributed by atoms with E-state index in [4.69, 9.17) is 5.73 Å². The maximum atomic E-state index is 5.69. The molecule has 2 aromatic heterocycles. The Hall–Kier alpha value is -1.62. The Morgan fingerprint density at radius 1 is 1.41 bits per heavy atom. The first-order valence-corrected chi connectivity index (χ1v) is 6.15. The SMILES string of the molecule is NCCN(c1ccn2nccc2n1)C1CCC1. The first-order valence-electron chi connectivity index (χ1n) is 6.15. The number of aromatic nitrogens is 3. The van der Waals surface area contributed by atoms with E-state index >= 15 is 0 Å². The van der Waals surface area contributed by atoms with Gasteiger partial charge in [-0.15, -0.1) is 0 Å². The summed E-state index contributed by atoms with van der Waals surface area (Å²) in [6, 6.07) is 4.57. The van der Waals surface area contributed by atoms with Crippen molar-refractivity contribution in [2.45, 2.75) is 25.3 Å². The van der Waals surface area contributed by atoms with Crippen LogP contribution in [0.15, 0.2) is 24.5 Å². The molecule has 0 aromatic carbocycles. The predicted molar refractivity (Wildman–Crippen MR) is 67.0 cm³/mol. The molecule has 0 atom stereocenters. The van der Waals surface area contributed by atoms with E-state index in [1.807, 2.05) is 18.3 Å². The normalized spacial score (nSPS) is 16.1. The van der Waals surface area contributed by atoms with Gasteiger partial charge in [0.1, 0.15) is 5.82 Å². The molecule has 17 heavy (non-hydrogen) atoms. The number of hydrogen-bond donors (Lipinski definition) is 1. The lowest BCUT2D eigenvalue weighted by Gasteiger charge is -2.38. The van der Waals surface area contributed by atoms with E-state index in [0.29, 0.717) is 12.6 Å². The topological polar surface area (TPSA) is 59.5 Å². The third kappa shape index (κ3) is 1.86. The van der Waals surface area contributed by atoms with Crippen molar-refractivity contribution < 1.29 is 0 Å². The van der Waals surface area contributed by atoms with Crippen molar-refractivity contribution in [3.8, 4) is 0 Å². The first-order chi connectivity index (χ1) is 8.38. The fourth-order valence-electron chi connectivity index (χ4n) is 2.28. The van der Waals surface area contributed by atoms with Crippen LogP contribution in [0.2, 0.25) is 0 Å². The number of nitrogens with two attached hydrogens (primary N) is 1. The molecular weight excluding hydrogens is 214 g/mol. The molecule has 2 aromatic rings. The maximum absolute atomic E-state index is 5.69. The molecule has 0 amide bonds. The Labute approximate surface area is 100 Å². The summed E-state index contributed by atoms with van der Waals surface area (Å²) in [6.07, 6.45) is 7.56. The fourth-order valence-corrected chi connectivity index (χ4v) is 2.28. The highest BCUT2D eigenvalue weighted by molar-refractivity contribution is 5.48. The van der Waals surface area contributed by atoms with E-state index in [9.17, 15) is 0 Å². The number of anilines is 1. The molecule has 0 saturated heterocycles. The van der Waals surface area contributed by atoms with Gasteiger partial charge in [-0.1, -0.05) is 0 Å². The van der Waals surface area contributed by atoms with Crippen molar-refractivity contribution in [1.29, 1.82) is 0 Å². The minimum absolute atomic E-state index is 0.622. The zero-order valence-electron chi connectivity index (χ0n) is 9.79. The van der Waals surface area contributed by atoms with E-state index in [2.05, 4.69) is 15.0 Å². The molecule has 1 fully saturated rings. The summed E-state index contributed by atoms with van der Waals surface area (Å²) in [5.41, 5.74) is 6.58. The number of rotatable bonds is 4. The van der Waals surface area contributed by atoms with Gasteiger partial charge in [-0.3, -0.25) is 0 Å². The highest BCUT2D eigenvalue weighted by Gasteiger charge is 2.25. The van der Waals surface area contributed by atoms with Crippen LogP contribution in [-0.2, 0) is 0 Å². The van der Waals surface area contributed by atoms with Crippen molar-refractivity contribution in [3.63, 3.8) is 0 Å². The second-order valence-corrected chi connectivity index (χ2v) is 4.49. The predicted octanol–water partition coefficient (Wildman–Crippen LogP) is 1.05. The molecule has 5 nitrogen and oxygen atoms in total. The Bertz CT molecular complexity index is 502. The molecule has 0 bridgehead atoms. The summed E-state index contributed by atoms with van der Waals surface area (Å²) in [6.45, 7) is 1.55. The monoisotopic (exact) mass is 231 g/mol. The quantitative estimate of drug-likeness (QED) is 0.854. The van der Waals surface area contributed by atoms with Crippen molar-refractivity contribution in [2.75, 3.05) is 18.0 Å². The average molecular weight is 231 g/mol. The smallest absolute Gasteiger partial charge is 0.157 e. The molecule has 1 saturated carbocycles. The van der Waals surface area contributed by atoms with Gasteiger partial charge in [-0.2, -0.15) is 5.10 Å². The largest absolute Gasteiger partial charge is 0.352 e. The highest BCUT2D eigenvalue weighted by atomic mass is 15.3. The summed E-state index contributed by atoms with van der Waals surface area (Å²) in [5.74, 6) is 1.02. The van der Waals surface area contributed by atoms with Crippen molar-refractivity contribution in [2.24, 2.45) is 5.73 Å². The van der Waals surface area contributed by atoms with Crippen LogP contribution in [0.1, 0.15) is 19.3 Å². The van der Waals surface area contributed by atoms with Crippen molar-refractivity contribution in [1.82, 2.24) is 14.6 Å². The minimum Gasteiger partial charge on any atom is -0.352 e. The Kier molecular flexibility index (Phi) is 2.68. The van der Waals surface area contributed by atoms with Gasteiger partial charge >= 0.3 is 0 Å². The highest BCUT2D eigenvalue weighted by Crippen LogP contribution is 2.28. The molecule has 2 N–H and O–H groups in total. The molecular formula is C12H17N5. The van der Waals surface area contributed by atoms with Crippen LogP contribution in [0.4, 0.5) is 5.82 Å². The second kappa shape index (κ2) is 4.33. The fraction of sp³-hybridized carbons (Fsp3) is 0.500. The number of hydrogen-bond acceptors (Lipinski definition) is 4. The molecule has 1 aliphatic rings. The molecule has 5 heteroatoms. The molecule has 90 valence electrons. The van der Waals surface area contributed by atoms with E-state index < -0.39 is 0 Å². The van der Waals surface area contributed by atoms with Crippen LogP contribution in [-0.4, -0.2) is 33.7 Å². The van der Waals surface area contributed by atoms with Gasteiger partial charge < -0.3 is 10.6 Å². The van der Waals surface area contributed by atoms with E-state index in [1.165, 1.54) is 19.3 Å². The molecule has 2 heterocycles. The summed E-state index contributed by atoms with van der Waals surface area (Å²) < 4.78 is 1.78. The van der Waals surface area contributed by atoms with E-state index in [-0.39, 0.29) is 0 Å². The molecule has 0 radical (unpaired) electrons. The zero-order chi connectivity index (χ0) is 11.7. The Balaban J connectivity index is 1.92. The third-order valence-corrected chi connectivity index (χ3v) is 3.42. The number of fused-ring (bicyclic) bond motifs is 1. The lowest BCUT2D eigenvalue weighted by atomic mass is 9.91. The van der Waals surface area contributed by atoms with Crippen LogP contribution in [0.25, 0.3) is 5.65 Å². The van der Waals surface area contributed by atoms with Crippen molar-refractivity contribution in [3.05, 3.63) is 24.5 Å². The Morgan fingerprint density at radius 3 is 3.00 bits per heavy atom. The lowest BCUT2D eigenvalue weighted by Crippen LogP contribution is -2.43. The molecule has 0 unspecified atom stereocenters. The van der Waals surface area contributed by atoms with Crippen LogP contribution in [0.3, 0.4) is 0 Å². The van der Waals surface area contributed by atoms with Crippen molar-refractivity contribution >= 4 is 11.5 Å². The van der Waals surface area contributed by atoms with Gasteiger partial charge in [0, 0.05) is 31.4 Å². The van der Waals surface area contributed by atoms with Crippen LogP contribution in [0.5, 0.6) is 0 Å². The van der Waals surface area contributed by atoms with Gasteiger partial charge in [0.2, 0.25) is 0 Å². The molecule has 0 aliphatic heterocycles. The van der Waals surface area contributed by atoms with E-state index in [0.717, 1.165) is 18.0 Å².